The maximum absolute atomic E-state index is 6.19. The van der Waals surface area contributed by atoms with E-state index < -0.39 is 0 Å². The molecular formula is C15H20N4S. The molecule has 2 N–H and O–H groups in total. The van der Waals surface area contributed by atoms with Crippen LogP contribution in [0.1, 0.15) is 42.1 Å². The standard InChI is InChI=1S/C15H20N4S/c1-2-19(10-11-6-3-4-9-17-11)15-18-13-8-5-7-12(16)14(13)20-15/h3-4,6,9,12H,2,5,7-8,10,16H2,1H3. The second-order valence-electron chi connectivity index (χ2n) is 5.14. The van der Waals surface area contributed by atoms with Gasteiger partial charge in [0.25, 0.3) is 0 Å². The minimum atomic E-state index is 0.179. The molecule has 5 heteroatoms. The fourth-order valence-electron chi connectivity index (χ4n) is 2.58. The molecule has 3 rings (SSSR count). The summed E-state index contributed by atoms with van der Waals surface area (Å²) >= 11 is 1.76. The summed E-state index contributed by atoms with van der Waals surface area (Å²) in [6.45, 7) is 3.89. The lowest BCUT2D eigenvalue weighted by molar-refractivity contribution is 0.573. The van der Waals surface area contributed by atoms with Gasteiger partial charge in [0.2, 0.25) is 0 Å². The second kappa shape index (κ2) is 5.89. The number of nitrogens with two attached hydrogens (primary N) is 1. The number of fused-ring (bicyclic) bond motifs is 1. The molecule has 1 unspecified atom stereocenters. The van der Waals surface area contributed by atoms with E-state index in [1.807, 2.05) is 18.3 Å². The van der Waals surface area contributed by atoms with Gasteiger partial charge in [0.1, 0.15) is 0 Å². The minimum Gasteiger partial charge on any atom is -0.342 e. The molecule has 0 bridgehead atoms. The molecule has 0 spiro atoms. The Hall–Kier alpha value is -1.46. The van der Waals surface area contributed by atoms with Crippen LogP contribution in [0.3, 0.4) is 0 Å². The van der Waals surface area contributed by atoms with Crippen molar-refractivity contribution >= 4 is 16.5 Å². The average molecular weight is 288 g/mol. The SMILES string of the molecule is CCN(Cc1ccccn1)c1nc2c(s1)C(N)CCC2. The van der Waals surface area contributed by atoms with Crippen molar-refractivity contribution in [3.63, 3.8) is 0 Å². The Labute approximate surface area is 123 Å². The predicted octanol–water partition coefficient (Wildman–Crippen LogP) is 2.90. The molecule has 0 saturated carbocycles. The van der Waals surface area contributed by atoms with E-state index in [9.17, 15) is 0 Å². The Bertz CT molecular complexity index is 567. The van der Waals surface area contributed by atoms with Crippen LogP contribution in [0.2, 0.25) is 0 Å². The zero-order valence-electron chi connectivity index (χ0n) is 11.7. The number of anilines is 1. The molecule has 1 atom stereocenters. The van der Waals surface area contributed by atoms with Crippen LogP contribution < -0.4 is 10.6 Å². The smallest absolute Gasteiger partial charge is 0.186 e. The maximum Gasteiger partial charge on any atom is 0.186 e. The van der Waals surface area contributed by atoms with Crippen LogP contribution in [0.4, 0.5) is 5.13 Å². The van der Waals surface area contributed by atoms with Crippen molar-refractivity contribution in [1.82, 2.24) is 9.97 Å². The van der Waals surface area contributed by atoms with Crippen LogP contribution in [0.25, 0.3) is 0 Å². The molecule has 2 heterocycles. The zero-order valence-corrected chi connectivity index (χ0v) is 12.6. The van der Waals surface area contributed by atoms with Crippen molar-refractivity contribution in [2.75, 3.05) is 11.4 Å². The lowest BCUT2D eigenvalue weighted by Gasteiger charge is -2.19. The van der Waals surface area contributed by atoms with E-state index in [1.165, 1.54) is 10.6 Å². The number of thiazole rings is 1. The fourth-order valence-corrected chi connectivity index (χ4v) is 3.79. The first-order chi connectivity index (χ1) is 9.78. The van der Waals surface area contributed by atoms with Crippen molar-refractivity contribution in [2.45, 2.75) is 38.8 Å². The summed E-state index contributed by atoms with van der Waals surface area (Å²) in [6, 6.07) is 6.21. The predicted molar refractivity (Wildman–Crippen MR) is 82.9 cm³/mol. The summed E-state index contributed by atoms with van der Waals surface area (Å²) in [6.07, 6.45) is 5.15. The van der Waals surface area contributed by atoms with E-state index in [-0.39, 0.29) is 6.04 Å². The number of rotatable bonds is 4. The van der Waals surface area contributed by atoms with E-state index in [4.69, 9.17) is 10.7 Å². The van der Waals surface area contributed by atoms with Gasteiger partial charge in [0.05, 0.1) is 17.9 Å². The Morgan fingerprint density at radius 3 is 3.05 bits per heavy atom. The lowest BCUT2D eigenvalue weighted by Crippen LogP contribution is -2.22. The molecule has 0 amide bonds. The van der Waals surface area contributed by atoms with Crippen LogP contribution in [-0.4, -0.2) is 16.5 Å². The first-order valence-corrected chi connectivity index (χ1v) is 7.99. The highest BCUT2D eigenvalue weighted by Gasteiger charge is 2.23. The van der Waals surface area contributed by atoms with Gasteiger partial charge in [-0.25, -0.2) is 4.98 Å². The van der Waals surface area contributed by atoms with Gasteiger partial charge in [-0.15, -0.1) is 0 Å². The molecule has 106 valence electrons. The third-order valence-electron chi connectivity index (χ3n) is 3.71. The summed E-state index contributed by atoms with van der Waals surface area (Å²) in [4.78, 5) is 12.8. The quantitative estimate of drug-likeness (QED) is 0.940. The molecule has 1 aliphatic rings. The van der Waals surface area contributed by atoms with Crippen molar-refractivity contribution < 1.29 is 0 Å². The average Bonchev–Trinajstić information content (AvgIpc) is 2.91. The third-order valence-corrected chi connectivity index (χ3v) is 5.00. The Morgan fingerprint density at radius 1 is 1.45 bits per heavy atom. The molecule has 1 aliphatic carbocycles. The monoisotopic (exact) mass is 288 g/mol. The highest BCUT2D eigenvalue weighted by Crippen LogP contribution is 2.36. The number of hydrogen-bond acceptors (Lipinski definition) is 5. The molecule has 4 nitrogen and oxygen atoms in total. The van der Waals surface area contributed by atoms with Gasteiger partial charge in [-0.1, -0.05) is 17.4 Å². The molecule has 20 heavy (non-hydrogen) atoms. The maximum atomic E-state index is 6.19. The third kappa shape index (κ3) is 2.69. The number of nitrogens with zero attached hydrogens (tertiary/aromatic N) is 3. The highest BCUT2D eigenvalue weighted by atomic mass is 32.1. The summed E-state index contributed by atoms with van der Waals surface area (Å²) < 4.78 is 0. The van der Waals surface area contributed by atoms with E-state index >= 15 is 0 Å². The van der Waals surface area contributed by atoms with Gasteiger partial charge in [-0.2, -0.15) is 0 Å². The number of aromatic nitrogens is 2. The van der Waals surface area contributed by atoms with Crippen molar-refractivity contribution in [3.05, 3.63) is 40.7 Å². The molecule has 2 aromatic rings. The Morgan fingerprint density at radius 2 is 2.35 bits per heavy atom. The first-order valence-electron chi connectivity index (χ1n) is 7.18. The van der Waals surface area contributed by atoms with E-state index in [0.717, 1.165) is 43.2 Å². The molecule has 2 aromatic heterocycles. The van der Waals surface area contributed by atoms with Gasteiger partial charge in [-0.05, 0) is 38.3 Å². The van der Waals surface area contributed by atoms with Crippen LogP contribution in [0.15, 0.2) is 24.4 Å². The van der Waals surface area contributed by atoms with Crippen LogP contribution in [0.5, 0.6) is 0 Å². The second-order valence-corrected chi connectivity index (χ2v) is 6.15. The normalized spacial score (nSPS) is 17.8. The summed E-state index contributed by atoms with van der Waals surface area (Å²) in [5, 5.41) is 1.08. The van der Waals surface area contributed by atoms with Gasteiger partial charge >= 0.3 is 0 Å². The van der Waals surface area contributed by atoms with Crippen LogP contribution in [0, 0.1) is 0 Å². The van der Waals surface area contributed by atoms with Crippen LogP contribution >= 0.6 is 11.3 Å². The summed E-state index contributed by atoms with van der Waals surface area (Å²) in [7, 11) is 0. The van der Waals surface area contributed by atoms with Crippen LogP contribution in [-0.2, 0) is 13.0 Å². The Kier molecular flexibility index (Phi) is 3.98. The summed E-state index contributed by atoms with van der Waals surface area (Å²) in [5.41, 5.74) is 8.48. The number of aryl methyl sites for hydroxylation is 1. The van der Waals surface area contributed by atoms with Crippen molar-refractivity contribution in [2.24, 2.45) is 5.73 Å². The lowest BCUT2D eigenvalue weighted by atomic mass is 9.99. The van der Waals surface area contributed by atoms with Gasteiger partial charge in [0.15, 0.2) is 5.13 Å². The summed E-state index contributed by atoms with van der Waals surface area (Å²) in [5.74, 6) is 0. The topological polar surface area (TPSA) is 55.0 Å². The van der Waals surface area contributed by atoms with Gasteiger partial charge in [0, 0.05) is 23.7 Å². The molecular weight excluding hydrogens is 268 g/mol. The van der Waals surface area contributed by atoms with Crippen molar-refractivity contribution in [1.29, 1.82) is 0 Å². The van der Waals surface area contributed by atoms with Crippen molar-refractivity contribution in [3.8, 4) is 0 Å². The molecule has 0 aliphatic heterocycles. The highest BCUT2D eigenvalue weighted by molar-refractivity contribution is 7.15. The van der Waals surface area contributed by atoms with E-state index in [0.29, 0.717) is 0 Å². The minimum absolute atomic E-state index is 0.179. The van der Waals surface area contributed by atoms with E-state index in [1.54, 1.807) is 11.3 Å². The number of hydrogen-bond donors (Lipinski definition) is 1. The van der Waals surface area contributed by atoms with Gasteiger partial charge < -0.3 is 10.6 Å². The molecule has 0 fully saturated rings. The largest absolute Gasteiger partial charge is 0.342 e. The molecule has 0 aromatic carbocycles. The zero-order chi connectivity index (χ0) is 13.9. The Balaban J connectivity index is 1.83. The molecule has 0 saturated heterocycles. The number of pyridine rings is 1. The molecule has 0 radical (unpaired) electrons. The van der Waals surface area contributed by atoms with Gasteiger partial charge in [-0.3, -0.25) is 4.98 Å². The first kappa shape index (κ1) is 13.5. The fraction of sp³-hybridized carbons (Fsp3) is 0.467. The van der Waals surface area contributed by atoms with E-state index in [2.05, 4.69) is 22.9 Å².